The molecular formula is C21H18FNO4S. The lowest BCUT2D eigenvalue weighted by Gasteiger charge is -2.08. The molecule has 0 saturated carbocycles. The number of carbonyl (C=O) groups is 2. The van der Waals surface area contributed by atoms with Crippen molar-refractivity contribution in [2.24, 2.45) is 0 Å². The molecule has 1 aromatic carbocycles. The van der Waals surface area contributed by atoms with Gasteiger partial charge in [-0.1, -0.05) is 12.1 Å². The Morgan fingerprint density at radius 1 is 1.25 bits per heavy atom. The molecule has 3 aromatic rings. The Morgan fingerprint density at radius 3 is 2.64 bits per heavy atom. The molecule has 28 heavy (non-hydrogen) atoms. The van der Waals surface area contributed by atoms with Crippen LogP contribution in [0.15, 0.2) is 53.2 Å². The quantitative estimate of drug-likeness (QED) is 0.452. The standard InChI is InChI=1S/C21H18FNO4S/c1-3-26-21(25)19-18(14-6-8-15(22)9-7-14)13(2)28-20(19)23-17(24)11-10-16-5-4-12-27-16/h4-12H,3H2,1-2H3,(H,23,24)/b11-10+. The van der Waals surface area contributed by atoms with Crippen LogP contribution in [0.5, 0.6) is 0 Å². The highest BCUT2D eigenvalue weighted by molar-refractivity contribution is 7.17. The summed E-state index contributed by atoms with van der Waals surface area (Å²) in [6.07, 6.45) is 4.36. The van der Waals surface area contributed by atoms with E-state index in [2.05, 4.69) is 5.32 Å². The van der Waals surface area contributed by atoms with Gasteiger partial charge in [0.25, 0.3) is 0 Å². The lowest BCUT2D eigenvalue weighted by molar-refractivity contribution is -0.111. The van der Waals surface area contributed by atoms with Crippen molar-refractivity contribution in [3.8, 4) is 11.1 Å². The summed E-state index contributed by atoms with van der Waals surface area (Å²) in [7, 11) is 0. The number of esters is 1. The third-order valence-corrected chi connectivity index (χ3v) is 4.90. The number of anilines is 1. The van der Waals surface area contributed by atoms with Crippen molar-refractivity contribution in [2.75, 3.05) is 11.9 Å². The van der Waals surface area contributed by atoms with E-state index in [0.717, 1.165) is 4.88 Å². The van der Waals surface area contributed by atoms with E-state index in [1.54, 1.807) is 31.2 Å². The average molecular weight is 399 g/mol. The number of hydrogen-bond donors (Lipinski definition) is 1. The zero-order chi connectivity index (χ0) is 20.1. The third kappa shape index (κ3) is 4.37. The van der Waals surface area contributed by atoms with Crippen LogP contribution in [0.1, 0.15) is 27.9 Å². The molecule has 5 nitrogen and oxygen atoms in total. The topological polar surface area (TPSA) is 68.5 Å². The predicted octanol–water partition coefficient (Wildman–Crippen LogP) is 5.28. The molecule has 3 rings (SSSR count). The van der Waals surface area contributed by atoms with Crippen molar-refractivity contribution in [1.82, 2.24) is 0 Å². The zero-order valence-corrected chi connectivity index (χ0v) is 16.1. The summed E-state index contributed by atoms with van der Waals surface area (Å²) in [4.78, 5) is 25.7. The van der Waals surface area contributed by atoms with E-state index < -0.39 is 11.9 Å². The van der Waals surface area contributed by atoms with Gasteiger partial charge in [-0.15, -0.1) is 11.3 Å². The molecule has 7 heteroatoms. The highest BCUT2D eigenvalue weighted by Crippen LogP contribution is 2.40. The summed E-state index contributed by atoms with van der Waals surface area (Å²) in [5, 5.41) is 3.11. The Morgan fingerprint density at radius 2 is 2.00 bits per heavy atom. The van der Waals surface area contributed by atoms with Crippen LogP contribution in [0.25, 0.3) is 17.2 Å². The number of aryl methyl sites for hydroxylation is 1. The number of halogens is 1. The van der Waals surface area contributed by atoms with Gasteiger partial charge in [0.15, 0.2) is 0 Å². The normalized spacial score (nSPS) is 11.0. The number of benzene rings is 1. The van der Waals surface area contributed by atoms with Gasteiger partial charge in [0.05, 0.1) is 12.9 Å². The highest BCUT2D eigenvalue weighted by atomic mass is 32.1. The van der Waals surface area contributed by atoms with Gasteiger partial charge in [-0.2, -0.15) is 0 Å². The van der Waals surface area contributed by atoms with Gasteiger partial charge >= 0.3 is 5.97 Å². The Bertz CT molecular complexity index is 1000. The summed E-state index contributed by atoms with van der Waals surface area (Å²) in [5.41, 5.74) is 1.55. The maximum Gasteiger partial charge on any atom is 0.341 e. The first-order valence-corrected chi connectivity index (χ1v) is 9.40. The molecule has 0 aliphatic heterocycles. The fourth-order valence-electron chi connectivity index (χ4n) is 2.69. The summed E-state index contributed by atoms with van der Waals surface area (Å²) >= 11 is 1.26. The van der Waals surface area contributed by atoms with Crippen LogP contribution >= 0.6 is 11.3 Å². The second kappa shape index (κ2) is 8.67. The number of nitrogens with one attached hydrogen (secondary N) is 1. The first kappa shape index (κ1) is 19.6. The molecule has 0 aliphatic rings. The number of rotatable bonds is 6. The molecule has 144 valence electrons. The molecule has 1 amide bonds. The Balaban J connectivity index is 1.96. The smallest absolute Gasteiger partial charge is 0.341 e. The first-order valence-electron chi connectivity index (χ1n) is 8.58. The van der Waals surface area contributed by atoms with Crippen molar-refractivity contribution >= 4 is 34.3 Å². The first-order chi connectivity index (χ1) is 13.5. The van der Waals surface area contributed by atoms with Gasteiger partial charge in [0, 0.05) is 16.5 Å². The van der Waals surface area contributed by atoms with Crippen LogP contribution < -0.4 is 5.32 Å². The van der Waals surface area contributed by atoms with E-state index in [1.165, 1.54) is 41.9 Å². The molecule has 0 unspecified atom stereocenters. The van der Waals surface area contributed by atoms with Gasteiger partial charge in [0.2, 0.25) is 5.91 Å². The molecule has 0 aliphatic carbocycles. The largest absolute Gasteiger partial charge is 0.465 e. The van der Waals surface area contributed by atoms with Gasteiger partial charge < -0.3 is 14.5 Å². The SMILES string of the molecule is CCOC(=O)c1c(NC(=O)/C=C/c2ccco2)sc(C)c1-c1ccc(F)cc1. The number of carbonyl (C=O) groups excluding carboxylic acids is 2. The molecule has 2 heterocycles. The van der Waals surface area contributed by atoms with E-state index in [-0.39, 0.29) is 18.0 Å². The molecule has 0 spiro atoms. The molecule has 0 bridgehead atoms. The minimum absolute atomic E-state index is 0.197. The van der Waals surface area contributed by atoms with E-state index in [0.29, 0.717) is 21.9 Å². The van der Waals surface area contributed by atoms with Crippen LogP contribution in [-0.4, -0.2) is 18.5 Å². The molecule has 0 atom stereocenters. The lowest BCUT2D eigenvalue weighted by Crippen LogP contribution is -2.12. The number of thiophene rings is 1. The van der Waals surface area contributed by atoms with Crippen LogP contribution in [0.4, 0.5) is 9.39 Å². The second-order valence-electron chi connectivity index (χ2n) is 5.80. The van der Waals surface area contributed by atoms with Crippen molar-refractivity contribution in [1.29, 1.82) is 0 Å². The maximum atomic E-state index is 13.3. The summed E-state index contributed by atoms with van der Waals surface area (Å²) in [5.74, 6) is -0.786. The lowest BCUT2D eigenvalue weighted by atomic mass is 10.0. The van der Waals surface area contributed by atoms with E-state index in [9.17, 15) is 14.0 Å². The van der Waals surface area contributed by atoms with Crippen LogP contribution in [0, 0.1) is 12.7 Å². The summed E-state index contributed by atoms with van der Waals surface area (Å²) in [6.45, 7) is 3.74. The van der Waals surface area contributed by atoms with Crippen molar-refractivity contribution in [2.45, 2.75) is 13.8 Å². The van der Waals surface area contributed by atoms with Gasteiger partial charge in [-0.3, -0.25) is 4.79 Å². The molecular weight excluding hydrogens is 381 g/mol. The fraction of sp³-hybridized carbons (Fsp3) is 0.143. The van der Waals surface area contributed by atoms with E-state index in [4.69, 9.17) is 9.15 Å². The van der Waals surface area contributed by atoms with Crippen molar-refractivity contribution in [3.63, 3.8) is 0 Å². The Labute approximate surface area is 165 Å². The second-order valence-corrected chi connectivity index (χ2v) is 7.03. The van der Waals surface area contributed by atoms with Gasteiger partial charge in [-0.05, 0) is 49.8 Å². The molecule has 0 fully saturated rings. The van der Waals surface area contributed by atoms with Crippen molar-refractivity contribution < 1.29 is 23.1 Å². The molecule has 2 aromatic heterocycles. The summed E-state index contributed by atoms with van der Waals surface area (Å²) < 4.78 is 23.6. The Kier molecular flexibility index (Phi) is 6.06. The van der Waals surface area contributed by atoms with Crippen LogP contribution in [0.3, 0.4) is 0 Å². The molecule has 1 N–H and O–H groups in total. The highest BCUT2D eigenvalue weighted by Gasteiger charge is 2.25. The van der Waals surface area contributed by atoms with Crippen LogP contribution in [-0.2, 0) is 9.53 Å². The number of hydrogen-bond acceptors (Lipinski definition) is 5. The number of ether oxygens (including phenoxy) is 1. The number of amides is 1. The maximum absolute atomic E-state index is 13.3. The predicted molar refractivity (Wildman–Crippen MR) is 107 cm³/mol. The van der Waals surface area contributed by atoms with Crippen LogP contribution in [0.2, 0.25) is 0 Å². The summed E-state index contributed by atoms with van der Waals surface area (Å²) in [6, 6.07) is 9.27. The fourth-order valence-corrected chi connectivity index (χ4v) is 3.76. The molecule has 0 saturated heterocycles. The van der Waals surface area contributed by atoms with E-state index >= 15 is 0 Å². The van der Waals surface area contributed by atoms with Crippen molar-refractivity contribution in [3.05, 3.63) is 70.8 Å². The van der Waals surface area contributed by atoms with E-state index in [1.807, 2.05) is 6.92 Å². The monoisotopic (exact) mass is 399 g/mol. The average Bonchev–Trinajstić information content (AvgIpc) is 3.29. The third-order valence-electron chi connectivity index (χ3n) is 3.88. The minimum Gasteiger partial charge on any atom is -0.465 e. The van der Waals surface area contributed by atoms with Gasteiger partial charge in [-0.25, -0.2) is 9.18 Å². The van der Waals surface area contributed by atoms with Gasteiger partial charge in [0.1, 0.15) is 22.1 Å². The number of furan rings is 1. The zero-order valence-electron chi connectivity index (χ0n) is 15.3. The minimum atomic E-state index is -0.545. The molecule has 0 radical (unpaired) electrons. The Hall–Kier alpha value is -3.19.